The molecular weight excluding hydrogens is 228 g/mol. The Balaban J connectivity index is 2.48. The monoisotopic (exact) mass is 242 g/mol. The van der Waals surface area contributed by atoms with Crippen molar-refractivity contribution in [3.63, 3.8) is 0 Å². The molecule has 0 heterocycles. The first kappa shape index (κ1) is 12.3. The van der Waals surface area contributed by atoms with Crippen LogP contribution in [-0.2, 0) is 0 Å². The molecule has 1 aromatic rings. The number of para-hydroxylation sites is 1. The molecule has 0 fully saturated rings. The Labute approximate surface area is 101 Å². The van der Waals surface area contributed by atoms with Crippen molar-refractivity contribution in [2.45, 2.75) is 13.8 Å². The van der Waals surface area contributed by atoms with Gasteiger partial charge in [0.15, 0.2) is 5.11 Å². The van der Waals surface area contributed by atoms with Gasteiger partial charge in [0.2, 0.25) is 0 Å². The lowest BCUT2D eigenvalue weighted by Crippen LogP contribution is -2.31. The molecule has 82 valence electrons. The first-order valence-electron chi connectivity index (χ1n) is 4.89. The maximum atomic E-state index is 5.98. The number of anilines is 1. The summed E-state index contributed by atoms with van der Waals surface area (Å²) in [4.78, 5) is 0. The zero-order chi connectivity index (χ0) is 11.3. The zero-order valence-corrected chi connectivity index (χ0v) is 10.5. The Morgan fingerprint density at radius 2 is 2.07 bits per heavy atom. The van der Waals surface area contributed by atoms with Crippen molar-refractivity contribution in [2.24, 2.45) is 5.92 Å². The average molecular weight is 243 g/mol. The zero-order valence-electron chi connectivity index (χ0n) is 8.88. The fraction of sp³-hybridized carbons (Fsp3) is 0.364. The van der Waals surface area contributed by atoms with E-state index in [-0.39, 0.29) is 0 Å². The fourth-order valence-electron chi connectivity index (χ4n) is 1.03. The smallest absolute Gasteiger partial charge is 0.170 e. The number of thiocarbonyl (C=S) groups is 1. The van der Waals surface area contributed by atoms with E-state index in [0.717, 1.165) is 12.2 Å². The largest absolute Gasteiger partial charge is 0.362 e. The maximum absolute atomic E-state index is 5.98. The molecule has 0 saturated heterocycles. The Kier molecular flexibility index (Phi) is 4.85. The first-order valence-corrected chi connectivity index (χ1v) is 5.67. The van der Waals surface area contributed by atoms with E-state index in [4.69, 9.17) is 23.8 Å². The van der Waals surface area contributed by atoms with Gasteiger partial charge >= 0.3 is 0 Å². The third-order valence-corrected chi connectivity index (χ3v) is 2.37. The molecule has 2 N–H and O–H groups in total. The predicted molar refractivity (Wildman–Crippen MR) is 70.5 cm³/mol. The molecule has 0 aliphatic heterocycles. The molecule has 1 rings (SSSR count). The topological polar surface area (TPSA) is 24.1 Å². The number of benzene rings is 1. The van der Waals surface area contributed by atoms with Crippen LogP contribution in [0.25, 0.3) is 0 Å². The molecular formula is C11H15ClN2S. The van der Waals surface area contributed by atoms with Crippen LogP contribution in [-0.4, -0.2) is 11.7 Å². The van der Waals surface area contributed by atoms with Crippen LogP contribution in [0.5, 0.6) is 0 Å². The molecule has 0 atom stereocenters. The third kappa shape index (κ3) is 4.49. The van der Waals surface area contributed by atoms with Crippen LogP contribution in [0.1, 0.15) is 13.8 Å². The van der Waals surface area contributed by atoms with Crippen molar-refractivity contribution >= 4 is 34.6 Å². The normalized spacial score (nSPS) is 10.1. The Morgan fingerprint density at radius 3 is 2.67 bits per heavy atom. The molecule has 0 unspecified atom stereocenters. The van der Waals surface area contributed by atoms with Gasteiger partial charge in [0.1, 0.15) is 0 Å². The van der Waals surface area contributed by atoms with Crippen LogP contribution in [0.4, 0.5) is 5.69 Å². The fourth-order valence-corrected chi connectivity index (χ4v) is 1.40. The number of nitrogens with one attached hydrogen (secondary N) is 2. The molecule has 0 spiro atoms. The molecule has 1 aromatic carbocycles. The molecule has 0 aromatic heterocycles. The van der Waals surface area contributed by atoms with E-state index in [0.29, 0.717) is 16.1 Å². The molecule has 0 saturated carbocycles. The van der Waals surface area contributed by atoms with Crippen LogP contribution in [0, 0.1) is 5.92 Å². The van der Waals surface area contributed by atoms with Crippen LogP contribution >= 0.6 is 23.8 Å². The quantitative estimate of drug-likeness (QED) is 0.796. The highest BCUT2D eigenvalue weighted by Gasteiger charge is 2.01. The van der Waals surface area contributed by atoms with Gasteiger partial charge in [-0.3, -0.25) is 0 Å². The summed E-state index contributed by atoms with van der Waals surface area (Å²) < 4.78 is 0. The highest BCUT2D eigenvalue weighted by molar-refractivity contribution is 7.80. The third-order valence-electron chi connectivity index (χ3n) is 1.79. The second-order valence-electron chi connectivity index (χ2n) is 3.71. The van der Waals surface area contributed by atoms with Gasteiger partial charge in [-0.2, -0.15) is 0 Å². The summed E-state index contributed by atoms with van der Waals surface area (Å²) in [5.41, 5.74) is 0.834. The Bertz CT molecular complexity index is 339. The maximum Gasteiger partial charge on any atom is 0.170 e. The molecule has 0 radical (unpaired) electrons. The van der Waals surface area contributed by atoms with Gasteiger partial charge in [-0.25, -0.2) is 0 Å². The molecule has 0 aliphatic rings. The average Bonchev–Trinajstić information content (AvgIpc) is 2.18. The lowest BCUT2D eigenvalue weighted by molar-refractivity contribution is 0.627. The van der Waals surface area contributed by atoms with Crippen molar-refractivity contribution < 1.29 is 0 Å². The lowest BCUT2D eigenvalue weighted by atomic mass is 10.2. The van der Waals surface area contributed by atoms with Gasteiger partial charge in [0, 0.05) is 6.54 Å². The predicted octanol–water partition coefficient (Wildman–Crippen LogP) is 3.28. The standard InChI is InChI=1S/C11H15ClN2S/c1-8(2)7-13-11(15)14-10-6-4-3-5-9(10)12/h3-6,8H,7H2,1-2H3,(H2,13,14,15). The highest BCUT2D eigenvalue weighted by Crippen LogP contribution is 2.19. The van der Waals surface area contributed by atoms with E-state index in [1.165, 1.54) is 0 Å². The van der Waals surface area contributed by atoms with Gasteiger partial charge in [-0.15, -0.1) is 0 Å². The van der Waals surface area contributed by atoms with Crippen LogP contribution in [0.15, 0.2) is 24.3 Å². The van der Waals surface area contributed by atoms with Crippen molar-refractivity contribution in [1.29, 1.82) is 0 Å². The van der Waals surface area contributed by atoms with Gasteiger partial charge in [-0.1, -0.05) is 37.6 Å². The number of hydrogen-bond donors (Lipinski definition) is 2. The highest BCUT2D eigenvalue weighted by atomic mass is 35.5. The van der Waals surface area contributed by atoms with Crippen LogP contribution in [0.3, 0.4) is 0 Å². The summed E-state index contributed by atoms with van der Waals surface area (Å²) in [7, 11) is 0. The van der Waals surface area contributed by atoms with Gasteiger partial charge in [0.25, 0.3) is 0 Å². The van der Waals surface area contributed by atoms with Crippen LogP contribution < -0.4 is 10.6 Å². The minimum atomic E-state index is 0.566. The molecule has 15 heavy (non-hydrogen) atoms. The van der Waals surface area contributed by atoms with Crippen molar-refractivity contribution in [1.82, 2.24) is 5.32 Å². The van der Waals surface area contributed by atoms with E-state index < -0.39 is 0 Å². The molecule has 4 heteroatoms. The van der Waals surface area contributed by atoms with Crippen molar-refractivity contribution in [3.05, 3.63) is 29.3 Å². The summed E-state index contributed by atoms with van der Waals surface area (Å²) >= 11 is 11.1. The van der Waals surface area contributed by atoms with E-state index >= 15 is 0 Å². The van der Waals surface area contributed by atoms with Gasteiger partial charge in [-0.05, 0) is 30.3 Å². The molecule has 0 bridgehead atoms. The van der Waals surface area contributed by atoms with E-state index in [1.807, 2.05) is 24.3 Å². The van der Waals surface area contributed by atoms with Gasteiger partial charge < -0.3 is 10.6 Å². The second kappa shape index (κ2) is 5.93. The van der Waals surface area contributed by atoms with Crippen molar-refractivity contribution in [3.8, 4) is 0 Å². The lowest BCUT2D eigenvalue weighted by Gasteiger charge is -2.12. The molecule has 2 nitrogen and oxygen atoms in total. The first-order chi connectivity index (χ1) is 7.09. The number of rotatable bonds is 3. The van der Waals surface area contributed by atoms with E-state index in [9.17, 15) is 0 Å². The summed E-state index contributed by atoms with van der Waals surface area (Å²) in [6, 6.07) is 7.53. The van der Waals surface area contributed by atoms with E-state index in [2.05, 4.69) is 24.5 Å². The molecule has 0 aliphatic carbocycles. The Morgan fingerprint density at radius 1 is 1.40 bits per heavy atom. The summed E-state index contributed by atoms with van der Waals surface area (Å²) in [5.74, 6) is 0.566. The summed E-state index contributed by atoms with van der Waals surface area (Å²) in [6.07, 6.45) is 0. The Hall–Kier alpha value is -0.800. The second-order valence-corrected chi connectivity index (χ2v) is 4.52. The van der Waals surface area contributed by atoms with Crippen LogP contribution in [0.2, 0.25) is 5.02 Å². The minimum Gasteiger partial charge on any atom is -0.362 e. The van der Waals surface area contributed by atoms with Crippen molar-refractivity contribution in [2.75, 3.05) is 11.9 Å². The van der Waals surface area contributed by atoms with Gasteiger partial charge in [0.05, 0.1) is 10.7 Å². The number of halogens is 1. The minimum absolute atomic E-state index is 0.566. The molecule has 0 amide bonds. The van der Waals surface area contributed by atoms with E-state index in [1.54, 1.807) is 0 Å². The SMILES string of the molecule is CC(C)CNC(=S)Nc1ccccc1Cl. The summed E-state index contributed by atoms with van der Waals surface area (Å²) in [5, 5.41) is 7.45. The number of hydrogen-bond acceptors (Lipinski definition) is 1. The summed E-state index contributed by atoms with van der Waals surface area (Å²) in [6.45, 7) is 5.12.